The van der Waals surface area contributed by atoms with Crippen molar-refractivity contribution in [2.24, 2.45) is 0 Å². The van der Waals surface area contributed by atoms with Crippen molar-refractivity contribution in [2.45, 2.75) is 19.3 Å². The van der Waals surface area contributed by atoms with Crippen LogP contribution in [0, 0.1) is 0 Å². The number of hydrogen-bond donors (Lipinski definition) is 2. The second-order valence-electron chi connectivity index (χ2n) is 3.10. The Hall–Kier alpha value is -0.865. The van der Waals surface area contributed by atoms with E-state index in [0.29, 0.717) is 5.46 Å². The highest BCUT2D eigenvalue weighted by molar-refractivity contribution is 6.58. The standard InChI is InChI=1S/C8H10BNO2/c11-9(12)7-4-6-2-1-3-8(6)10-5-7/h4-5,11-12H,1-3H2. The number of aryl methyl sites for hydroxylation is 2. The maximum absolute atomic E-state index is 8.87. The first-order valence-corrected chi connectivity index (χ1v) is 4.11. The summed E-state index contributed by atoms with van der Waals surface area (Å²) in [6.45, 7) is 0. The molecular weight excluding hydrogens is 153 g/mol. The fourth-order valence-electron chi connectivity index (χ4n) is 1.59. The zero-order chi connectivity index (χ0) is 8.55. The second-order valence-corrected chi connectivity index (χ2v) is 3.10. The number of aromatic nitrogens is 1. The number of hydrogen-bond acceptors (Lipinski definition) is 3. The van der Waals surface area contributed by atoms with Crippen molar-refractivity contribution in [3.8, 4) is 0 Å². The van der Waals surface area contributed by atoms with Crippen molar-refractivity contribution in [3.63, 3.8) is 0 Å². The van der Waals surface area contributed by atoms with Crippen molar-refractivity contribution in [1.29, 1.82) is 0 Å². The summed E-state index contributed by atoms with van der Waals surface area (Å²) in [5.74, 6) is 0. The summed E-state index contributed by atoms with van der Waals surface area (Å²) in [7, 11) is -1.39. The summed E-state index contributed by atoms with van der Waals surface area (Å²) in [5.41, 5.74) is 2.77. The molecule has 62 valence electrons. The predicted octanol–water partition coefficient (Wildman–Crippen LogP) is -0.750. The van der Waals surface area contributed by atoms with Gasteiger partial charge in [-0.1, -0.05) is 6.07 Å². The lowest BCUT2D eigenvalue weighted by Crippen LogP contribution is -2.30. The monoisotopic (exact) mass is 163 g/mol. The zero-order valence-electron chi connectivity index (χ0n) is 6.70. The zero-order valence-corrected chi connectivity index (χ0v) is 6.70. The predicted molar refractivity (Wildman–Crippen MR) is 46.1 cm³/mol. The van der Waals surface area contributed by atoms with Gasteiger partial charge in [0.15, 0.2) is 0 Å². The van der Waals surface area contributed by atoms with Gasteiger partial charge in [0.25, 0.3) is 0 Å². The van der Waals surface area contributed by atoms with Crippen LogP contribution < -0.4 is 5.46 Å². The van der Waals surface area contributed by atoms with Gasteiger partial charge in [0, 0.05) is 17.4 Å². The molecule has 1 heterocycles. The first-order chi connectivity index (χ1) is 5.77. The Morgan fingerprint density at radius 3 is 2.92 bits per heavy atom. The van der Waals surface area contributed by atoms with Crippen molar-refractivity contribution < 1.29 is 10.0 Å². The SMILES string of the molecule is OB(O)c1cnc2c(c1)CCC2. The molecule has 0 unspecified atom stereocenters. The van der Waals surface area contributed by atoms with Crippen LogP contribution in [-0.4, -0.2) is 22.2 Å². The molecule has 2 N–H and O–H groups in total. The Morgan fingerprint density at radius 2 is 2.17 bits per heavy atom. The van der Waals surface area contributed by atoms with E-state index >= 15 is 0 Å². The minimum absolute atomic E-state index is 0.496. The van der Waals surface area contributed by atoms with E-state index in [0.717, 1.165) is 25.0 Å². The Kier molecular flexibility index (Phi) is 1.86. The molecule has 0 amide bonds. The van der Waals surface area contributed by atoms with Crippen molar-refractivity contribution in [1.82, 2.24) is 4.98 Å². The largest absolute Gasteiger partial charge is 0.490 e. The summed E-state index contributed by atoms with van der Waals surface area (Å²) in [6.07, 6.45) is 4.71. The summed E-state index contributed by atoms with van der Waals surface area (Å²) in [6, 6.07) is 1.83. The van der Waals surface area contributed by atoms with E-state index in [1.807, 2.05) is 6.07 Å². The van der Waals surface area contributed by atoms with Gasteiger partial charge >= 0.3 is 7.12 Å². The van der Waals surface area contributed by atoms with Crippen LogP contribution in [0.25, 0.3) is 0 Å². The fourth-order valence-corrected chi connectivity index (χ4v) is 1.59. The molecule has 1 aliphatic rings. The molecule has 1 aliphatic carbocycles. The molecule has 0 saturated carbocycles. The van der Waals surface area contributed by atoms with Gasteiger partial charge in [-0.15, -0.1) is 0 Å². The van der Waals surface area contributed by atoms with E-state index in [1.54, 1.807) is 0 Å². The lowest BCUT2D eigenvalue weighted by molar-refractivity contribution is 0.425. The maximum atomic E-state index is 8.87. The minimum Gasteiger partial charge on any atom is -0.423 e. The van der Waals surface area contributed by atoms with Crippen LogP contribution in [0.1, 0.15) is 17.7 Å². The summed E-state index contributed by atoms with van der Waals surface area (Å²) in [4.78, 5) is 4.16. The van der Waals surface area contributed by atoms with Crippen molar-refractivity contribution in [2.75, 3.05) is 0 Å². The fraction of sp³-hybridized carbons (Fsp3) is 0.375. The molecule has 0 radical (unpaired) electrons. The topological polar surface area (TPSA) is 53.4 Å². The van der Waals surface area contributed by atoms with Gasteiger partial charge in [-0.2, -0.15) is 0 Å². The van der Waals surface area contributed by atoms with Crippen LogP contribution in [0.4, 0.5) is 0 Å². The van der Waals surface area contributed by atoms with Crippen LogP contribution in [0.15, 0.2) is 12.3 Å². The van der Waals surface area contributed by atoms with Gasteiger partial charge in [0.05, 0.1) is 0 Å². The molecule has 0 aromatic carbocycles. The number of pyridine rings is 1. The third-order valence-electron chi connectivity index (χ3n) is 2.24. The maximum Gasteiger partial charge on any atom is 0.490 e. The third kappa shape index (κ3) is 1.23. The van der Waals surface area contributed by atoms with E-state index in [4.69, 9.17) is 10.0 Å². The highest BCUT2D eigenvalue weighted by atomic mass is 16.4. The van der Waals surface area contributed by atoms with Crippen LogP contribution in [0.2, 0.25) is 0 Å². The lowest BCUT2D eigenvalue weighted by Gasteiger charge is -2.01. The van der Waals surface area contributed by atoms with E-state index in [1.165, 1.54) is 11.8 Å². The van der Waals surface area contributed by atoms with Gasteiger partial charge < -0.3 is 10.0 Å². The molecule has 0 atom stereocenters. The Balaban J connectivity index is 2.39. The molecule has 12 heavy (non-hydrogen) atoms. The Morgan fingerprint density at radius 1 is 1.33 bits per heavy atom. The van der Waals surface area contributed by atoms with Gasteiger partial charge in [0.1, 0.15) is 0 Å². The molecule has 2 rings (SSSR count). The molecule has 0 fully saturated rings. The first kappa shape index (κ1) is 7.77. The van der Waals surface area contributed by atoms with E-state index < -0.39 is 7.12 Å². The quantitative estimate of drug-likeness (QED) is 0.535. The van der Waals surface area contributed by atoms with Crippen LogP contribution in [0.3, 0.4) is 0 Å². The Bertz CT molecular complexity index is 301. The average molecular weight is 163 g/mol. The summed E-state index contributed by atoms with van der Waals surface area (Å²) >= 11 is 0. The van der Waals surface area contributed by atoms with E-state index in [-0.39, 0.29) is 0 Å². The number of nitrogens with zero attached hydrogens (tertiary/aromatic N) is 1. The first-order valence-electron chi connectivity index (χ1n) is 4.11. The summed E-state index contributed by atoms with van der Waals surface area (Å²) < 4.78 is 0. The molecule has 1 aromatic rings. The normalized spacial score (nSPS) is 14.5. The van der Waals surface area contributed by atoms with Crippen LogP contribution >= 0.6 is 0 Å². The molecule has 0 saturated heterocycles. The molecule has 0 spiro atoms. The lowest BCUT2D eigenvalue weighted by atomic mass is 9.81. The molecular formula is C8H10BNO2. The number of rotatable bonds is 1. The van der Waals surface area contributed by atoms with Gasteiger partial charge in [-0.05, 0) is 24.8 Å². The molecule has 4 heteroatoms. The van der Waals surface area contributed by atoms with Crippen LogP contribution in [-0.2, 0) is 12.8 Å². The second kappa shape index (κ2) is 2.88. The highest BCUT2D eigenvalue weighted by Crippen LogP contribution is 2.17. The van der Waals surface area contributed by atoms with Crippen molar-refractivity contribution >= 4 is 12.6 Å². The third-order valence-corrected chi connectivity index (χ3v) is 2.24. The molecule has 1 aromatic heterocycles. The van der Waals surface area contributed by atoms with E-state index in [2.05, 4.69) is 4.98 Å². The molecule has 3 nitrogen and oxygen atoms in total. The van der Waals surface area contributed by atoms with E-state index in [9.17, 15) is 0 Å². The minimum atomic E-state index is -1.39. The van der Waals surface area contributed by atoms with Gasteiger partial charge in [-0.25, -0.2) is 0 Å². The smallest absolute Gasteiger partial charge is 0.423 e. The average Bonchev–Trinajstić information content (AvgIpc) is 2.49. The van der Waals surface area contributed by atoms with Crippen molar-refractivity contribution in [3.05, 3.63) is 23.5 Å². The molecule has 0 aliphatic heterocycles. The van der Waals surface area contributed by atoms with Crippen LogP contribution in [0.5, 0.6) is 0 Å². The van der Waals surface area contributed by atoms with Gasteiger partial charge in [-0.3, -0.25) is 4.98 Å². The molecule has 0 bridgehead atoms. The Labute approximate surface area is 71.2 Å². The van der Waals surface area contributed by atoms with Gasteiger partial charge in [0.2, 0.25) is 0 Å². The summed E-state index contributed by atoms with van der Waals surface area (Å²) in [5, 5.41) is 17.7. The highest BCUT2D eigenvalue weighted by Gasteiger charge is 2.17. The number of fused-ring (bicyclic) bond motifs is 1.